The lowest BCUT2D eigenvalue weighted by Crippen LogP contribution is -2.04. The van der Waals surface area contributed by atoms with Crippen molar-refractivity contribution in [2.24, 2.45) is 0 Å². The lowest BCUT2D eigenvalue weighted by atomic mass is 10.3. The molecule has 0 spiro atoms. The van der Waals surface area contributed by atoms with Crippen molar-refractivity contribution in [2.45, 2.75) is 18.9 Å². The van der Waals surface area contributed by atoms with E-state index in [1.54, 1.807) is 12.4 Å². The first-order valence-electron chi connectivity index (χ1n) is 3.93. The SMILES string of the molecule is Nc1c(Cl)cncc1NC1CC1. The lowest BCUT2D eigenvalue weighted by Gasteiger charge is -2.07. The van der Waals surface area contributed by atoms with Crippen molar-refractivity contribution in [3.63, 3.8) is 0 Å². The molecule has 3 nitrogen and oxygen atoms in total. The molecule has 0 saturated heterocycles. The van der Waals surface area contributed by atoms with Crippen molar-refractivity contribution < 1.29 is 0 Å². The van der Waals surface area contributed by atoms with Gasteiger partial charge in [0, 0.05) is 12.2 Å². The smallest absolute Gasteiger partial charge is 0.0839 e. The van der Waals surface area contributed by atoms with E-state index in [2.05, 4.69) is 10.3 Å². The minimum absolute atomic E-state index is 0.514. The molecule has 0 unspecified atom stereocenters. The molecule has 1 saturated carbocycles. The zero-order valence-electron chi connectivity index (χ0n) is 6.55. The molecule has 1 heterocycles. The van der Waals surface area contributed by atoms with E-state index < -0.39 is 0 Å². The van der Waals surface area contributed by atoms with Crippen molar-refractivity contribution in [1.29, 1.82) is 0 Å². The zero-order valence-corrected chi connectivity index (χ0v) is 7.30. The first-order valence-corrected chi connectivity index (χ1v) is 4.30. The monoisotopic (exact) mass is 183 g/mol. The summed E-state index contributed by atoms with van der Waals surface area (Å²) in [4.78, 5) is 3.95. The topological polar surface area (TPSA) is 50.9 Å². The highest BCUT2D eigenvalue weighted by atomic mass is 35.5. The van der Waals surface area contributed by atoms with E-state index in [1.165, 1.54) is 12.8 Å². The molecule has 0 bridgehead atoms. The first-order chi connectivity index (χ1) is 5.77. The van der Waals surface area contributed by atoms with Crippen LogP contribution in [0.4, 0.5) is 11.4 Å². The Kier molecular flexibility index (Phi) is 1.81. The van der Waals surface area contributed by atoms with Gasteiger partial charge in [-0.05, 0) is 12.8 Å². The number of nitrogens with two attached hydrogens (primary N) is 1. The molecule has 1 aliphatic rings. The Bertz CT molecular complexity index is 296. The summed E-state index contributed by atoms with van der Waals surface area (Å²) in [5.41, 5.74) is 7.17. The van der Waals surface area contributed by atoms with Gasteiger partial charge in [0.2, 0.25) is 0 Å². The second-order valence-corrected chi connectivity index (χ2v) is 3.41. The molecule has 0 atom stereocenters. The third-order valence-corrected chi connectivity index (χ3v) is 2.18. The van der Waals surface area contributed by atoms with E-state index in [1.807, 2.05) is 0 Å². The number of pyridine rings is 1. The summed E-state index contributed by atoms with van der Waals surface area (Å²) >= 11 is 5.79. The first kappa shape index (κ1) is 7.68. The molecule has 0 aliphatic heterocycles. The van der Waals surface area contributed by atoms with Crippen LogP contribution in [0.5, 0.6) is 0 Å². The van der Waals surface area contributed by atoms with Crippen molar-refractivity contribution >= 4 is 23.0 Å². The maximum absolute atomic E-state index is 5.79. The number of anilines is 2. The summed E-state index contributed by atoms with van der Waals surface area (Å²) in [7, 11) is 0. The van der Waals surface area contributed by atoms with Gasteiger partial charge in [0.25, 0.3) is 0 Å². The van der Waals surface area contributed by atoms with Gasteiger partial charge in [0.1, 0.15) is 0 Å². The molecule has 1 aliphatic carbocycles. The summed E-state index contributed by atoms with van der Waals surface area (Å²) in [5.74, 6) is 0. The quantitative estimate of drug-likeness (QED) is 0.736. The molecule has 12 heavy (non-hydrogen) atoms. The number of rotatable bonds is 2. The normalized spacial score (nSPS) is 16.1. The molecule has 0 aromatic carbocycles. The Morgan fingerprint density at radius 3 is 2.92 bits per heavy atom. The van der Waals surface area contributed by atoms with E-state index in [9.17, 15) is 0 Å². The van der Waals surface area contributed by atoms with Crippen molar-refractivity contribution in [3.8, 4) is 0 Å². The van der Waals surface area contributed by atoms with Gasteiger partial charge in [0.15, 0.2) is 0 Å². The minimum atomic E-state index is 0.514. The molecule has 0 radical (unpaired) electrons. The largest absolute Gasteiger partial charge is 0.396 e. The summed E-state index contributed by atoms with van der Waals surface area (Å²) in [6.07, 6.45) is 5.69. The van der Waals surface area contributed by atoms with Gasteiger partial charge in [-0.3, -0.25) is 4.98 Å². The van der Waals surface area contributed by atoms with Crippen LogP contribution in [0.25, 0.3) is 0 Å². The zero-order chi connectivity index (χ0) is 8.55. The van der Waals surface area contributed by atoms with Crippen LogP contribution in [0, 0.1) is 0 Å². The summed E-state index contributed by atoms with van der Waals surface area (Å²) in [5, 5.41) is 3.77. The van der Waals surface area contributed by atoms with Crippen LogP contribution in [0.3, 0.4) is 0 Å². The van der Waals surface area contributed by atoms with Gasteiger partial charge in [-0.25, -0.2) is 0 Å². The summed E-state index contributed by atoms with van der Waals surface area (Å²) < 4.78 is 0. The van der Waals surface area contributed by atoms with Crippen LogP contribution in [0.2, 0.25) is 5.02 Å². The van der Waals surface area contributed by atoms with E-state index in [-0.39, 0.29) is 0 Å². The molecular weight excluding hydrogens is 174 g/mol. The molecule has 1 fully saturated rings. The predicted octanol–water partition coefficient (Wildman–Crippen LogP) is 1.89. The number of halogens is 1. The molecule has 2 rings (SSSR count). The fourth-order valence-corrected chi connectivity index (χ4v) is 1.17. The Labute approximate surface area is 75.9 Å². The van der Waals surface area contributed by atoms with E-state index in [0.29, 0.717) is 16.8 Å². The Hall–Kier alpha value is -0.960. The Morgan fingerprint density at radius 2 is 2.25 bits per heavy atom. The van der Waals surface area contributed by atoms with Crippen molar-refractivity contribution in [3.05, 3.63) is 17.4 Å². The van der Waals surface area contributed by atoms with Gasteiger partial charge >= 0.3 is 0 Å². The molecule has 4 heteroatoms. The molecule has 1 aromatic heterocycles. The standard InChI is InChI=1S/C8H10ClN3/c9-6-3-11-4-7(8(6)10)12-5-1-2-5/h3-5,12H,1-2H2,(H2,10,11). The van der Waals surface area contributed by atoms with Crippen LogP contribution < -0.4 is 11.1 Å². The average molecular weight is 184 g/mol. The Morgan fingerprint density at radius 1 is 1.50 bits per heavy atom. The van der Waals surface area contributed by atoms with E-state index >= 15 is 0 Å². The number of hydrogen-bond acceptors (Lipinski definition) is 3. The highest BCUT2D eigenvalue weighted by Crippen LogP contribution is 2.30. The fourth-order valence-electron chi connectivity index (χ4n) is 1.01. The highest BCUT2D eigenvalue weighted by molar-refractivity contribution is 6.33. The minimum Gasteiger partial charge on any atom is -0.396 e. The van der Waals surface area contributed by atoms with Crippen LogP contribution in [0.1, 0.15) is 12.8 Å². The molecule has 3 N–H and O–H groups in total. The van der Waals surface area contributed by atoms with Gasteiger partial charge in [-0.2, -0.15) is 0 Å². The second-order valence-electron chi connectivity index (χ2n) is 3.00. The van der Waals surface area contributed by atoms with Crippen LogP contribution in [-0.2, 0) is 0 Å². The van der Waals surface area contributed by atoms with Crippen molar-refractivity contribution in [1.82, 2.24) is 4.98 Å². The molecular formula is C8H10ClN3. The number of nitrogens with zero attached hydrogens (tertiary/aromatic N) is 1. The Balaban J connectivity index is 2.23. The number of hydrogen-bond donors (Lipinski definition) is 2. The maximum Gasteiger partial charge on any atom is 0.0839 e. The highest BCUT2D eigenvalue weighted by Gasteiger charge is 2.21. The summed E-state index contributed by atoms with van der Waals surface area (Å²) in [6.45, 7) is 0. The van der Waals surface area contributed by atoms with Gasteiger partial charge in [-0.1, -0.05) is 11.6 Å². The molecule has 0 amide bonds. The molecule has 64 valence electrons. The van der Waals surface area contributed by atoms with Crippen molar-refractivity contribution in [2.75, 3.05) is 11.1 Å². The third kappa shape index (κ3) is 1.46. The maximum atomic E-state index is 5.79. The lowest BCUT2D eigenvalue weighted by molar-refractivity contribution is 1.14. The predicted molar refractivity (Wildman–Crippen MR) is 50.3 cm³/mol. The van der Waals surface area contributed by atoms with E-state index in [4.69, 9.17) is 17.3 Å². The van der Waals surface area contributed by atoms with Crippen LogP contribution >= 0.6 is 11.6 Å². The van der Waals surface area contributed by atoms with Crippen LogP contribution in [0.15, 0.2) is 12.4 Å². The number of aromatic nitrogens is 1. The molecule has 1 aromatic rings. The average Bonchev–Trinajstić information content (AvgIpc) is 2.83. The van der Waals surface area contributed by atoms with Crippen LogP contribution in [-0.4, -0.2) is 11.0 Å². The number of nitrogen functional groups attached to an aromatic ring is 1. The van der Waals surface area contributed by atoms with E-state index in [0.717, 1.165) is 5.69 Å². The van der Waals surface area contributed by atoms with Gasteiger partial charge < -0.3 is 11.1 Å². The number of nitrogens with one attached hydrogen (secondary N) is 1. The summed E-state index contributed by atoms with van der Waals surface area (Å²) in [6, 6.07) is 0.576. The fraction of sp³-hybridized carbons (Fsp3) is 0.375. The van der Waals surface area contributed by atoms with Gasteiger partial charge in [0.05, 0.1) is 22.6 Å². The second kappa shape index (κ2) is 2.83. The van der Waals surface area contributed by atoms with Gasteiger partial charge in [-0.15, -0.1) is 0 Å². The third-order valence-electron chi connectivity index (χ3n) is 1.88.